The summed E-state index contributed by atoms with van der Waals surface area (Å²) in [4.78, 5) is 0. The van der Waals surface area contributed by atoms with E-state index in [9.17, 15) is 10.2 Å². The molecule has 0 radical (unpaired) electrons. The molecular formula is C26H44O2. The molecule has 2 N–H and O–H groups in total. The van der Waals surface area contributed by atoms with E-state index in [0.29, 0.717) is 16.7 Å². The van der Waals surface area contributed by atoms with E-state index < -0.39 is 0 Å². The lowest BCUT2D eigenvalue weighted by atomic mass is 9.43. The van der Waals surface area contributed by atoms with Crippen molar-refractivity contribution in [2.75, 3.05) is 0 Å². The van der Waals surface area contributed by atoms with E-state index in [4.69, 9.17) is 0 Å². The molecule has 0 aromatic rings. The van der Waals surface area contributed by atoms with Gasteiger partial charge < -0.3 is 10.2 Å². The van der Waals surface area contributed by atoms with Gasteiger partial charge in [-0.25, -0.2) is 0 Å². The van der Waals surface area contributed by atoms with Gasteiger partial charge in [0, 0.05) is 0 Å². The number of aliphatic hydroxyl groups excluding tert-OH is 1. The second-order valence-electron chi connectivity index (χ2n) is 12.5. The van der Waals surface area contributed by atoms with Crippen LogP contribution in [0.4, 0.5) is 0 Å². The van der Waals surface area contributed by atoms with Gasteiger partial charge in [-0.05, 0) is 130 Å². The third-order valence-corrected chi connectivity index (χ3v) is 11.4. The first kappa shape index (κ1) is 19.9. The molecule has 0 aliphatic heterocycles. The average Bonchev–Trinajstić information content (AvgIpc) is 3.44. The summed E-state index contributed by atoms with van der Waals surface area (Å²) in [5.74, 6) is 5.68. The molecule has 28 heavy (non-hydrogen) atoms. The Kier molecular flexibility index (Phi) is 4.58. The van der Waals surface area contributed by atoms with Crippen LogP contribution in [0, 0.1) is 52.3 Å². The van der Waals surface area contributed by atoms with Gasteiger partial charge in [0.25, 0.3) is 0 Å². The molecule has 5 rings (SSSR count). The van der Waals surface area contributed by atoms with Gasteiger partial charge in [-0.3, -0.25) is 0 Å². The normalized spacial score (nSPS) is 57.2. The van der Waals surface area contributed by atoms with E-state index in [2.05, 4.69) is 27.7 Å². The van der Waals surface area contributed by atoms with Crippen molar-refractivity contribution in [3.63, 3.8) is 0 Å². The lowest BCUT2D eigenvalue weighted by molar-refractivity contribution is -0.159. The van der Waals surface area contributed by atoms with Gasteiger partial charge in [-0.2, -0.15) is 0 Å². The fourth-order valence-corrected chi connectivity index (χ4v) is 9.63. The van der Waals surface area contributed by atoms with E-state index in [1.807, 2.05) is 0 Å². The summed E-state index contributed by atoms with van der Waals surface area (Å²) in [5, 5.41) is 21.7. The maximum Gasteiger partial charge on any atom is 0.0648 e. The molecule has 0 heterocycles. The monoisotopic (exact) mass is 388 g/mol. The van der Waals surface area contributed by atoms with Crippen molar-refractivity contribution in [1.82, 2.24) is 0 Å². The van der Waals surface area contributed by atoms with Gasteiger partial charge in [-0.1, -0.05) is 20.8 Å². The Hall–Kier alpha value is -0.0800. The molecule has 0 aromatic heterocycles. The summed E-state index contributed by atoms with van der Waals surface area (Å²) in [6.45, 7) is 9.42. The highest BCUT2D eigenvalue weighted by molar-refractivity contribution is 5.14. The quantitative estimate of drug-likeness (QED) is 0.641. The SMILES string of the molecule is CC[C@]1(O)CC[C@@]2(C)[C@@H](CC[C@H]3[C@@H]4[C@H](C5CC5)C[C@H](C(C)O)[C@@]4(C)CC[C@@H]32)C1. The van der Waals surface area contributed by atoms with Gasteiger partial charge in [0.15, 0.2) is 0 Å². The topological polar surface area (TPSA) is 40.5 Å². The summed E-state index contributed by atoms with van der Waals surface area (Å²) in [5.41, 5.74) is 0.425. The number of rotatable bonds is 3. The van der Waals surface area contributed by atoms with Crippen LogP contribution in [-0.2, 0) is 0 Å². The molecule has 0 spiro atoms. The van der Waals surface area contributed by atoms with Gasteiger partial charge in [0.2, 0.25) is 0 Å². The van der Waals surface area contributed by atoms with Crippen LogP contribution in [0.1, 0.15) is 98.3 Å². The Morgan fingerprint density at radius 2 is 1.68 bits per heavy atom. The van der Waals surface area contributed by atoms with Gasteiger partial charge in [0.05, 0.1) is 11.7 Å². The third kappa shape index (κ3) is 2.72. The highest BCUT2D eigenvalue weighted by Gasteiger charge is 2.65. The first-order valence-electron chi connectivity index (χ1n) is 12.6. The van der Waals surface area contributed by atoms with Crippen LogP contribution in [0.25, 0.3) is 0 Å². The van der Waals surface area contributed by atoms with Crippen LogP contribution < -0.4 is 0 Å². The van der Waals surface area contributed by atoms with Gasteiger partial charge in [-0.15, -0.1) is 0 Å². The van der Waals surface area contributed by atoms with Crippen LogP contribution >= 0.6 is 0 Å². The van der Waals surface area contributed by atoms with Crippen molar-refractivity contribution in [1.29, 1.82) is 0 Å². The standard InChI is InChI=1S/C26H44O2/c1-5-26(28)13-12-24(3)18(15-26)8-9-19-21(24)10-11-25(4)22(16(2)27)14-20(23(19)25)17-6-7-17/h16-23,27-28H,5-15H2,1-4H3/t16?,18-,19+,20-,21-,22+,23+,24-,25+,26-/m0/s1. The van der Waals surface area contributed by atoms with Crippen LogP contribution in [0.2, 0.25) is 0 Å². The summed E-state index contributed by atoms with van der Waals surface area (Å²) < 4.78 is 0. The number of hydrogen-bond acceptors (Lipinski definition) is 2. The van der Waals surface area contributed by atoms with E-state index in [-0.39, 0.29) is 11.7 Å². The van der Waals surface area contributed by atoms with E-state index >= 15 is 0 Å². The van der Waals surface area contributed by atoms with Crippen molar-refractivity contribution in [3.8, 4) is 0 Å². The van der Waals surface area contributed by atoms with Gasteiger partial charge in [0.1, 0.15) is 0 Å². The molecule has 0 bridgehead atoms. The predicted molar refractivity (Wildman–Crippen MR) is 114 cm³/mol. The molecule has 0 saturated heterocycles. The summed E-state index contributed by atoms with van der Waals surface area (Å²) in [7, 11) is 0. The maximum atomic E-state index is 11.0. The smallest absolute Gasteiger partial charge is 0.0648 e. The summed E-state index contributed by atoms with van der Waals surface area (Å²) in [6, 6.07) is 0. The first-order chi connectivity index (χ1) is 13.2. The van der Waals surface area contributed by atoms with Crippen molar-refractivity contribution in [3.05, 3.63) is 0 Å². The minimum atomic E-state index is -0.387. The van der Waals surface area contributed by atoms with Crippen LogP contribution in [0.5, 0.6) is 0 Å². The fourth-order valence-electron chi connectivity index (χ4n) is 9.63. The number of aliphatic hydroxyl groups is 2. The highest BCUT2D eigenvalue weighted by atomic mass is 16.3. The van der Waals surface area contributed by atoms with E-state index in [1.54, 1.807) is 0 Å². The lowest BCUT2D eigenvalue weighted by Crippen LogP contribution is -2.56. The summed E-state index contributed by atoms with van der Waals surface area (Å²) in [6.07, 6.45) is 13.7. The van der Waals surface area contributed by atoms with Crippen molar-refractivity contribution in [2.45, 2.75) is 110 Å². The van der Waals surface area contributed by atoms with Crippen molar-refractivity contribution < 1.29 is 10.2 Å². The molecule has 2 heteroatoms. The Morgan fingerprint density at radius 1 is 0.929 bits per heavy atom. The molecular weight excluding hydrogens is 344 g/mol. The average molecular weight is 389 g/mol. The number of hydrogen-bond donors (Lipinski definition) is 2. The maximum absolute atomic E-state index is 11.0. The van der Waals surface area contributed by atoms with Crippen molar-refractivity contribution in [2.24, 2.45) is 52.3 Å². The largest absolute Gasteiger partial charge is 0.393 e. The van der Waals surface area contributed by atoms with Crippen molar-refractivity contribution >= 4 is 0 Å². The molecule has 1 unspecified atom stereocenters. The zero-order chi connectivity index (χ0) is 19.9. The Balaban J connectivity index is 1.46. The summed E-state index contributed by atoms with van der Waals surface area (Å²) >= 11 is 0. The minimum absolute atomic E-state index is 0.144. The second-order valence-corrected chi connectivity index (χ2v) is 12.5. The Morgan fingerprint density at radius 3 is 2.32 bits per heavy atom. The van der Waals surface area contributed by atoms with Crippen LogP contribution in [-0.4, -0.2) is 21.9 Å². The molecule has 5 fully saturated rings. The lowest BCUT2D eigenvalue weighted by Gasteiger charge is -2.62. The number of fused-ring (bicyclic) bond motifs is 5. The van der Waals surface area contributed by atoms with Crippen LogP contribution in [0.15, 0.2) is 0 Å². The third-order valence-electron chi connectivity index (χ3n) is 11.4. The molecule has 0 aromatic carbocycles. The molecule has 0 amide bonds. The molecule has 160 valence electrons. The molecule has 5 saturated carbocycles. The first-order valence-corrected chi connectivity index (χ1v) is 12.6. The minimum Gasteiger partial charge on any atom is -0.393 e. The molecule has 2 nitrogen and oxygen atoms in total. The zero-order valence-corrected chi connectivity index (χ0v) is 18.8. The fraction of sp³-hybridized carbons (Fsp3) is 1.00. The van der Waals surface area contributed by atoms with Crippen LogP contribution in [0.3, 0.4) is 0 Å². The Bertz CT molecular complexity index is 612. The molecule has 5 aliphatic carbocycles. The van der Waals surface area contributed by atoms with Gasteiger partial charge >= 0.3 is 0 Å². The van der Waals surface area contributed by atoms with E-state index in [1.165, 1.54) is 51.4 Å². The highest BCUT2D eigenvalue weighted by Crippen LogP contribution is 2.71. The zero-order valence-electron chi connectivity index (χ0n) is 18.8. The second kappa shape index (κ2) is 6.46. The predicted octanol–water partition coefficient (Wildman–Crippen LogP) is 5.80. The molecule has 5 aliphatic rings. The molecule has 10 atom stereocenters. The Labute approximate surface area is 172 Å². The van der Waals surface area contributed by atoms with E-state index in [0.717, 1.165) is 54.8 Å².